The van der Waals surface area contributed by atoms with E-state index in [2.05, 4.69) is 17.4 Å². The molecule has 2 unspecified atom stereocenters. The molecule has 5 fully saturated rings. The Bertz CT molecular complexity index is 803. The Morgan fingerprint density at radius 2 is 1.77 bits per heavy atom. The molecule has 1 heterocycles. The smallest absolute Gasteiger partial charge is 0.226 e. The molecule has 0 spiro atoms. The van der Waals surface area contributed by atoms with E-state index >= 15 is 0 Å². The summed E-state index contributed by atoms with van der Waals surface area (Å²) in [5, 5.41) is 3.36. The van der Waals surface area contributed by atoms with E-state index in [4.69, 9.17) is 15.2 Å². The maximum absolute atomic E-state index is 13.1. The Morgan fingerprint density at radius 3 is 2.33 bits per heavy atom. The third-order valence-electron chi connectivity index (χ3n) is 8.29. The van der Waals surface area contributed by atoms with Crippen LogP contribution < -0.4 is 15.8 Å². The lowest BCUT2D eigenvalue weighted by molar-refractivity contribution is -0.138. The van der Waals surface area contributed by atoms with Gasteiger partial charge in [-0.05, 0) is 61.6 Å². The van der Waals surface area contributed by atoms with E-state index in [1.54, 1.807) is 0 Å². The molecule has 1 aliphatic heterocycles. The van der Waals surface area contributed by atoms with Crippen molar-refractivity contribution >= 4 is 5.91 Å². The van der Waals surface area contributed by atoms with Gasteiger partial charge in [-0.2, -0.15) is 0 Å². The summed E-state index contributed by atoms with van der Waals surface area (Å²) < 4.78 is 23.7. The zero-order chi connectivity index (χ0) is 20.8. The largest absolute Gasteiger partial charge is 0.489 e. The molecule has 1 amide bonds. The molecule has 1 aromatic rings. The van der Waals surface area contributed by atoms with Crippen LogP contribution in [0.1, 0.15) is 44.1 Å². The highest BCUT2D eigenvalue weighted by Gasteiger charge is 2.58. The number of hydrogen-bond acceptors (Lipinski definition) is 4. The van der Waals surface area contributed by atoms with Crippen molar-refractivity contribution in [2.45, 2.75) is 50.0 Å². The summed E-state index contributed by atoms with van der Waals surface area (Å²) in [4.78, 5) is 13.1. The first-order valence-corrected chi connectivity index (χ1v) is 11.2. The van der Waals surface area contributed by atoms with Gasteiger partial charge in [0.15, 0.2) is 0 Å². The molecule has 1 saturated heterocycles. The minimum Gasteiger partial charge on any atom is -0.489 e. The van der Waals surface area contributed by atoms with Crippen LogP contribution in [0.4, 0.5) is 4.39 Å². The highest BCUT2D eigenvalue weighted by molar-refractivity contribution is 5.84. The molecule has 6 rings (SSSR count). The molecule has 4 aliphatic carbocycles. The minimum atomic E-state index is -0.167. The van der Waals surface area contributed by atoms with E-state index < -0.39 is 0 Å². The van der Waals surface area contributed by atoms with Gasteiger partial charge in [-0.3, -0.25) is 4.79 Å². The quantitative estimate of drug-likeness (QED) is 0.719. The highest BCUT2D eigenvalue weighted by atomic mass is 19.1. The predicted octanol–water partition coefficient (Wildman–Crippen LogP) is 3.23. The molecule has 0 aromatic heterocycles. The fourth-order valence-corrected chi connectivity index (χ4v) is 5.93. The Balaban J connectivity index is 1.19. The summed E-state index contributed by atoms with van der Waals surface area (Å²) in [5.74, 6) is 2.12. The fraction of sp³-hybridized carbons (Fsp3) is 0.625. The van der Waals surface area contributed by atoms with Crippen molar-refractivity contribution in [1.29, 1.82) is 0 Å². The first-order chi connectivity index (χ1) is 14.6. The van der Waals surface area contributed by atoms with Gasteiger partial charge in [0.05, 0.1) is 19.5 Å². The summed E-state index contributed by atoms with van der Waals surface area (Å²) in [5.41, 5.74) is 7.25. The molecular formula is C24H31FN2O3. The van der Waals surface area contributed by atoms with Crippen LogP contribution in [-0.4, -0.2) is 38.3 Å². The number of rotatable bonds is 7. The van der Waals surface area contributed by atoms with Crippen LogP contribution in [0.3, 0.4) is 0 Å². The minimum absolute atomic E-state index is 0.156. The summed E-state index contributed by atoms with van der Waals surface area (Å²) in [6, 6.07) is 8.57. The van der Waals surface area contributed by atoms with Crippen molar-refractivity contribution in [3.05, 3.63) is 41.7 Å². The van der Waals surface area contributed by atoms with E-state index in [0.29, 0.717) is 29.8 Å². The molecule has 4 saturated carbocycles. The van der Waals surface area contributed by atoms with Gasteiger partial charge in [-0.1, -0.05) is 12.1 Å². The van der Waals surface area contributed by atoms with Crippen molar-refractivity contribution in [1.82, 2.24) is 5.32 Å². The number of nitrogens with one attached hydrogen (secondary N) is 1. The van der Waals surface area contributed by atoms with Crippen LogP contribution in [0.25, 0.3) is 0 Å². The van der Waals surface area contributed by atoms with Gasteiger partial charge >= 0.3 is 0 Å². The first-order valence-electron chi connectivity index (χ1n) is 11.2. The van der Waals surface area contributed by atoms with Gasteiger partial charge in [-0.15, -0.1) is 0 Å². The SMILES string of the molecule is NC/C(=C\F)COc1ccc(C23CCC(C(=O)NC4C5COC[C@@H]54)(CC2)CC3)cc1. The Kier molecular flexibility index (Phi) is 5.10. The van der Waals surface area contributed by atoms with E-state index in [1.165, 1.54) is 5.56 Å². The van der Waals surface area contributed by atoms with Gasteiger partial charge in [0, 0.05) is 35.4 Å². The first kappa shape index (κ1) is 20.0. The van der Waals surface area contributed by atoms with E-state index in [-0.39, 0.29) is 29.9 Å². The second-order valence-corrected chi connectivity index (χ2v) is 9.71. The Labute approximate surface area is 177 Å². The van der Waals surface area contributed by atoms with Crippen molar-refractivity contribution in [2.24, 2.45) is 23.0 Å². The number of halogens is 1. The third-order valence-corrected chi connectivity index (χ3v) is 8.29. The van der Waals surface area contributed by atoms with E-state index in [1.807, 2.05) is 12.1 Å². The van der Waals surface area contributed by atoms with Crippen LogP contribution >= 0.6 is 0 Å². The molecule has 1 aromatic carbocycles. The molecule has 3 atom stereocenters. The Hall–Kier alpha value is -1.92. The van der Waals surface area contributed by atoms with Crippen LogP contribution in [0.15, 0.2) is 36.2 Å². The molecule has 162 valence electrons. The van der Waals surface area contributed by atoms with Crippen LogP contribution in [0, 0.1) is 17.3 Å². The molecule has 3 N–H and O–H groups in total. The molecule has 2 bridgehead atoms. The lowest BCUT2D eigenvalue weighted by atomic mass is 9.51. The molecule has 5 aliphatic rings. The number of hydrogen-bond donors (Lipinski definition) is 2. The van der Waals surface area contributed by atoms with Crippen molar-refractivity contribution in [3.8, 4) is 5.75 Å². The summed E-state index contributed by atoms with van der Waals surface area (Å²) in [6.45, 7) is 1.94. The maximum Gasteiger partial charge on any atom is 0.226 e. The van der Waals surface area contributed by atoms with Gasteiger partial charge in [0.1, 0.15) is 12.4 Å². The fourth-order valence-electron chi connectivity index (χ4n) is 5.93. The van der Waals surface area contributed by atoms with Gasteiger partial charge < -0.3 is 20.5 Å². The topological polar surface area (TPSA) is 73.6 Å². The second kappa shape index (κ2) is 7.65. The lowest BCUT2D eigenvalue weighted by Gasteiger charge is -2.53. The summed E-state index contributed by atoms with van der Waals surface area (Å²) in [7, 11) is 0. The van der Waals surface area contributed by atoms with E-state index in [0.717, 1.165) is 57.5 Å². The number of carbonyl (C=O) groups is 1. The van der Waals surface area contributed by atoms with Crippen LogP contribution in [-0.2, 0) is 14.9 Å². The Morgan fingerprint density at radius 1 is 1.13 bits per heavy atom. The normalized spacial score (nSPS) is 37.0. The molecule has 5 nitrogen and oxygen atoms in total. The lowest BCUT2D eigenvalue weighted by Crippen LogP contribution is -2.52. The highest BCUT2D eigenvalue weighted by Crippen LogP contribution is 2.58. The number of fused-ring (bicyclic) bond motifs is 4. The second-order valence-electron chi connectivity index (χ2n) is 9.71. The number of ether oxygens (including phenoxy) is 2. The summed E-state index contributed by atoms with van der Waals surface area (Å²) >= 11 is 0. The number of benzene rings is 1. The monoisotopic (exact) mass is 414 g/mol. The van der Waals surface area contributed by atoms with Gasteiger partial charge in [0.25, 0.3) is 0 Å². The third kappa shape index (κ3) is 3.34. The summed E-state index contributed by atoms with van der Waals surface area (Å²) in [6.07, 6.45) is 6.60. The average Bonchev–Trinajstić information content (AvgIpc) is 3.21. The standard InChI is InChI=1S/C24H31FN2O3/c25-11-16(12-26)13-30-18-3-1-17(2-4-18)23-5-8-24(9-6-23,10-7-23)22(28)27-21-19-14-29-15-20(19)21/h1-4,11,19-21H,5-10,12-15,26H2,(H,27,28)/b16-11+/t19-,20?,21?,23?,24?/m0/s1. The van der Waals surface area contributed by atoms with Crippen molar-refractivity contribution < 1.29 is 18.7 Å². The van der Waals surface area contributed by atoms with E-state index in [9.17, 15) is 9.18 Å². The maximum atomic E-state index is 13.1. The van der Waals surface area contributed by atoms with Crippen LogP contribution in [0.5, 0.6) is 5.75 Å². The predicted molar refractivity (Wildman–Crippen MR) is 112 cm³/mol. The molecule has 30 heavy (non-hydrogen) atoms. The zero-order valence-electron chi connectivity index (χ0n) is 17.4. The van der Waals surface area contributed by atoms with Crippen LogP contribution in [0.2, 0.25) is 0 Å². The number of nitrogens with two attached hydrogens (primary N) is 1. The molecular weight excluding hydrogens is 383 g/mol. The van der Waals surface area contributed by atoms with Crippen molar-refractivity contribution in [3.63, 3.8) is 0 Å². The average molecular weight is 415 g/mol. The van der Waals surface area contributed by atoms with Gasteiger partial charge in [0.2, 0.25) is 5.91 Å². The van der Waals surface area contributed by atoms with Crippen molar-refractivity contribution in [2.75, 3.05) is 26.4 Å². The number of carbonyl (C=O) groups excluding carboxylic acids is 1. The molecule has 0 radical (unpaired) electrons. The van der Waals surface area contributed by atoms with Gasteiger partial charge in [-0.25, -0.2) is 4.39 Å². The number of amides is 1. The zero-order valence-corrected chi connectivity index (χ0v) is 17.4. The molecule has 6 heteroatoms.